The molecule has 178 valence electrons. The Morgan fingerprint density at radius 1 is 1.00 bits per heavy atom. The van der Waals surface area contributed by atoms with Gasteiger partial charge in [-0.3, -0.25) is 23.2 Å². The molecule has 1 N–H and O–H groups in total. The first-order chi connectivity index (χ1) is 16.5. The molecule has 1 aliphatic heterocycles. The third-order valence-electron chi connectivity index (χ3n) is 6.41. The monoisotopic (exact) mass is 464 g/mol. The number of ether oxygens (including phenoxy) is 1. The minimum atomic E-state index is -0.412. The molecule has 0 saturated carbocycles. The average molecular weight is 465 g/mol. The van der Waals surface area contributed by atoms with Crippen LogP contribution in [0, 0.1) is 0 Å². The maximum Gasteiger partial charge on any atom is 0.332 e. The van der Waals surface area contributed by atoms with Gasteiger partial charge in [-0.25, -0.2) is 4.79 Å². The molecule has 1 aliphatic rings. The summed E-state index contributed by atoms with van der Waals surface area (Å²) in [4.78, 5) is 38.5. The van der Waals surface area contributed by atoms with Crippen molar-refractivity contribution in [3.05, 3.63) is 57.4 Å². The van der Waals surface area contributed by atoms with Crippen LogP contribution in [0.2, 0.25) is 0 Å². The van der Waals surface area contributed by atoms with E-state index in [4.69, 9.17) is 4.74 Å². The van der Waals surface area contributed by atoms with Crippen LogP contribution in [0.4, 0.5) is 11.5 Å². The van der Waals surface area contributed by atoms with E-state index in [1.54, 1.807) is 24.8 Å². The fourth-order valence-electron chi connectivity index (χ4n) is 4.46. The molecule has 3 aromatic heterocycles. The molecule has 0 radical (unpaired) electrons. The minimum absolute atomic E-state index is 0.325. The van der Waals surface area contributed by atoms with Crippen molar-refractivity contribution in [1.29, 1.82) is 0 Å². The zero-order valence-electron chi connectivity index (χ0n) is 19.6. The smallest absolute Gasteiger partial charge is 0.332 e. The molecule has 1 aromatic carbocycles. The Bertz CT molecular complexity index is 1460. The highest BCUT2D eigenvalue weighted by Crippen LogP contribution is 2.28. The number of imidazole rings is 1. The van der Waals surface area contributed by atoms with E-state index in [1.165, 1.54) is 11.6 Å². The quantitative estimate of drug-likeness (QED) is 0.441. The Balaban J connectivity index is 1.23. The van der Waals surface area contributed by atoms with Gasteiger partial charge in [0.1, 0.15) is 11.6 Å². The molecule has 4 heterocycles. The number of nitrogens with one attached hydrogen (secondary N) is 1. The van der Waals surface area contributed by atoms with Crippen LogP contribution in [-0.4, -0.2) is 74.8 Å². The summed E-state index contributed by atoms with van der Waals surface area (Å²) in [5.74, 6) is 1.96. The van der Waals surface area contributed by atoms with Gasteiger partial charge in [-0.1, -0.05) is 12.1 Å². The Kier molecular flexibility index (Phi) is 5.70. The number of benzene rings is 1. The fourth-order valence-corrected chi connectivity index (χ4v) is 4.46. The normalized spacial score (nSPS) is 14.7. The topological polar surface area (TPSA) is 102 Å². The highest BCUT2D eigenvalue weighted by atomic mass is 16.5. The van der Waals surface area contributed by atoms with Crippen LogP contribution < -0.4 is 26.2 Å². The second-order valence-electron chi connectivity index (χ2n) is 8.40. The van der Waals surface area contributed by atoms with Gasteiger partial charge in [-0.2, -0.15) is 9.97 Å². The van der Waals surface area contributed by atoms with Gasteiger partial charge < -0.3 is 15.0 Å². The molecular formula is C23H28N8O3. The number of aryl methyl sites for hydroxylation is 1. The van der Waals surface area contributed by atoms with Crippen LogP contribution in [0.3, 0.4) is 0 Å². The second kappa shape index (κ2) is 8.82. The van der Waals surface area contributed by atoms with E-state index < -0.39 is 5.69 Å². The van der Waals surface area contributed by atoms with Crippen molar-refractivity contribution in [2.45, 2.75) is 0 Å². The van der Waals surface area contributed by atoms with Crippen molar-refractivity contribution < 1.29 is 4.74 Å². The summed E-state index contributed by atoms with van der Waals surface area (Å²) in [5.41, 5.74) is 1.00. The summed E-state index contributed by atoms with van der Waals surface area (Å²) < 4.78 is 9.57. The van der Waals surface area contributed by atoms with Crippen LogP contribution in [0.5, 0.6) is 5.75 Å². The van der Waals surface area contributed by atoms with E-state index in [0.717, 1.165) is 55.3 Å². The van der Waals surface area contributed by atoms with Crippen molar-refractivity contribution in [3.63, 3.8) is 0 Å². The number of anilines is 2. The van der Waals surface area contributed by atoms with Crippen LogP contribution in [0.25, 0.3) is 16.9 Å². The summed E-state index contributed by atoms with van der Waals surface area (Å²) in [5, 5.41) is 3.35. The number of nitrogens with zero attached hydrogens (tertiary/aromatic N) is 7. The van der Waals surface area contributed by atoms with Crippen LogP contribution in [0.15, 0.2) is 46.1 Å². The van der Waals surface area contributed by atoms with Crippen molar-refractivity contribution in [2.24, 2.45) is 14.1 Å². The number of rotatable bonds is 6. The van der Waals surface area contributed by atoms with Gasteiger partial charge in [0.25, 0.3) is 5.56 Å². The number of methoxy groups -OCH3 is 1. The van der Waals surface area contributed by atoms with Gasteiger partial charge in [0.15, 0.2) is 11.2 Å². The predicted molar refractivity (Wildman–Crippen MR) is 131 cm³/mol. The average Bonchev–Trinajstić information content (AvgIpc) is 3.25. The number of para-hydroxylation sites is 2. The molecule has 1 fully saturated rings. The number of hydrogen-bond acceptors (Lipinski definition) is 8. The molecular weight excluding hydrogens is 436 g/mol. The lowest BCUT2D eigenvalue weighted by atomic mass is 10.2. The molecule has 0 amide bonds. The van der Waals surface area contributed by atoms with E-state index >= 15 is 0 Å². The Morgan fingerprint density at radius 2 is 1.76 bits per heavy atom. The molecule has 34 heavy (non-hydrogen) atoms. The largest absolute Gasteiger partial charge is 0.495 e. The SMILES string of the molecule is COc1ccccc1N1CCN(CCNc2ccn3c(n2)nc2c3c(=O)n(C)c(=O)n2C)CC1. The molecule has 11 heteroatoms. The zero-order chi connectivity index (χ0) is 23.8. The molecule has 5 rings (SSSR count). The van der Waals surface area contributed by atoms with Gasteiger partial charge in [-0.15, -0.1) is 0 Å². The van der Waals surface area contributed by atoms with E-state index in [2.05, 4.69) is 31.2 Å². The van der Waals surface area contributed by atoms with Crippen LogP contribution in [0.1, 0.15) is 0 Å². The summed E-state index contributed by atoms with van der Waals surface area (Å²) in [6.07, 6.45) is 1.76. The lowest BCUT2D eigenvalue weighted by Gasteiger charge is -2.36. The molecule has 0 unspecified atom stereocenters. The third-order valence-corrected chi connectivity index (χ3v) is 6.41. The fraction of sp³-hybridized carbons (Fsp3) is 0.391. The summed E-state index contributed by atoms with van der Waals surface area (Å²) in [6, 6.07) is 9.94. The van der Waals surface area contributed by atoms with Crippen LogP contribution >= 0.6 is 0 Å². The Hall–Kier alpha value is -3.86. The highest BCUT2D eigenvalue weighted by Gasteiger charge is 2.19. The molecule has 0 aliphatic carbocycles. The molecule has 0 atom stereocenters. The maximum absolute atomic E-state index is 12.6. The van der Waals surface area contributed by atoms with Crippen molar-refractivity contribution >= 4 is 28.4 Å². The van der Waals surface area contributed by atoms with Crippen molar-refractivity contribution in [2.75, 3.05) is 56.6 Å². The van der Waals surface area contributed by atoms with Gasteiger partial charge in [0.05, 0.1) is 12.8 Å². The minimum Gasteiger partial charge on any atom is -0.495 e. The lowest BCUT2D eigenvalue weighted by molar-refractivity contribution is 0.266. The number of aromatic nitrogens is 5. The summed E-state index contributed by atoms with van der Waals surface area (Å²) >= 11 is 0. The maximum atomic E-state index is 12.6. The molecule has 1 saturated heterocycles. The first kappa shape index (κ1) is 22.0. The Labute approximate surface area is 195 Å². The van der Waals surface area contributed by atoms with Gasteiger partial charge in [0.2, 0.25) is 5.78 Å². The lowest BCUT2D eigenvalue weighted by Crippen LogP contribution is -2.47. The van der Waals surface area contributed by atoms with Gasteiger partial charge in [0, 0.05) is 59.6 Å². The molecule has 4 aromatic rings. The predicted octanol–water partition coefficient (Wildman–Crippen LogP) is 0.523. The molecule has 11 nitrogen and oxygen atoms in total. The van der Waals surface area contributed by atoms with E-state index in [0.29, 0.717) is 22.8 Å². The van der Waals surface area contributed by atoms with Crippen molar-refractivity contribution in [3.8, 4) is 5.75 Å². The van der Waals surface area contributed by atoms with Crippen LogP contribution in [-0.2, 0) is 14.1 Å². The third kappa shape index (κ3) is 3.77. The molecule has 0 spiro atoms. The standard InChI is InChI=1S/C23H28N8O3/c1-27-20-19(21(32)28(2)23(27)33)31-10-8-18(25-22(31)26-20)24-9-11-29-12-14-30(15-13-29)16-6-4-5-7-17(16)34-3/h4-8,10H,9,11-15H2,1-3H3,(H,24,25,26). The molecule has 0 bridgehead atoms. The van der Waals surface area contributed by atoms with Gasteiger partial charge >= 0.3 is 5.69 Å². The van der Waals surface area contributed by atoms with E-state index in [9.17, 15) is 9.59 Å². The summed E-state index contributed by atoms with van der Waals surface area (Å²) in [6.45, 7) is 5.44. The van der Waals surface area contributed by atoms with E-state index in [1.807, 2.05) is 24.3 Å². The Morgan fingerprint density at radius 3 is 2.53 bits per heavy atom. The summed E-state index contributed by atoms with van der Waals surface area (Å²) in [7, 11) is 4.77. The first-order valence-corrected chi connectivity index (χ1v) is 11.3. The van der Waals surface area contributed by atoms with Crippen molar-refractivity contribution in [1.82, 2.24) is 28.4 Å². The van der Waals surface area contributed by atoms with Gasteiger partial charge in [-0.05, 0) is 18.2 Å². The number of hydrogen-bond donors (Lipinski definition) is 1. The number of piperazine rings is 1. The highest BCUT2D eigenvalue weighted by molar-refractivity contribution is 5.75. The zero-order valence-corrected chi connectivity index (χ0v) is 19.6. The second-order valence-corrected chi connectivity index (χ2v) is 8.40. The van der Waals surface area contributed by atoms with E-state index in [-0.39, 0.29) is 5.56 Å². The first-order valence-electron chi connectivity index (χ1n) is 11.3. The number of fused-ring (bicyclic) bond motifs is 3.